The Hall–Kier alpha value is -2.49. The highest BCUT2D eigenvalue weighted by Gasteiger charge is 2.14. The highest BCUT2D eigenvalue weighted by atomic mass is 16.5. The number of amides is 1. The van der Waals surface area contributed by atoms with Gasteiger partial charge in [-0.25, -0.2) is 0 Å². The first kappa shape index (κ1) is 17.9. The number of ether oxygens (including phenoxy) is 2. The maximum Gasteiger partial charge on any atom is 0.260 e. The van der Waals surface area contributed by atoms with Gasteiger partial charge in [-0.1, -0.05) is 18.2 Å². The Labute approximate surface area is 143 Å². The van der Waals surface area contributed by atoms with E-state index in [0.29, 0.717) is 18.9 Å². The van der Waals surface area contributed by atoms with E-state index in [4.69, 9.17) is 9.47 Å². The quantitative estimate of drug-likeness (QED) is 0.791. The topological polar surface area (TPSA) is 47.6 Å². The monoisotopic (exact) mass is 327 g/mol. The molecule has 1 N–H and O–H groups in total. The summed E-state index contributed by atoms with van der Waals surface area (Å²) in [4.78, 5) is 12.1. The van der Waals surface area contributed by atoms with E-state index in [2.05, 4.69) is 11.4 Å². The van der Waals surface area contributed by atoms with E-state index in [1.807, 2.05) is 57.2 Å². The molecule has 0 bridgehead atoms. The van der Waals surface area contributed by atoms with Crippen LogP contribution in [0.1, 0.15) is 23.6 Å². The molecule has 1 atom stereocenters. The summed E-state index contributed by atoms with van der Waals surface area (Å²) in [5, 5.41) is 2.83. The number of benzene rings is 2. The van der Waals surface area contributed by atoms with E-state index < -0.39 is 6.10 Å². The fourth-order valence-electron chi connectivity index (χ4n) is 2.45. The van der Waals surface area contributed by atoms with Crippen LogP contribution >= 0.6 is 0 Å². The largest absolute Gasteiger partial charge is 0.492 e. The molecule has 0 heterocycles. The van der Waals surface area contributed by atoms with Crippen LogP contribution in [0.3, 0.4) is 0 Å². The standard InChI is InChI=1S/C20H25NO3/c1-14-6-5-7-18(11-14)23-9-8-21-20(22)17(4)24-19-12-15(2)10-16(3)13-19/h5-7,10-13,17H,8-9H2,1-4H3,(H,21,22)/t17-/m1/s1. The number of aryl methyl sites for hydroxylation is 3. The molecule has 0 saturated carbocycles. The summed E-state index contributed by atoms with van der Waals surface area (Å²) >= 11 is 0. The highest BCUT2D eigenvalue weighted by molar-refractivity contribution is 5.80. The molecular formula is C20H25NO3. The predicted octanol–water partition coefficient (Wildman–Crippen LogP) is 3.57. The van der Waals surface area contributed by atoms with E-state index in [-0.39, 0.29) is 5.91 Å². The van der Waals surface area contributed by atoms with Gasteiger partial charge in [-0.2, -0.15) is 0 Å². The minimum absolute atomic E-state index is 0.151. The van der Waals surface area contributed by atoms with Crippen molar-refractivity contribution in [1.29, 1.82) is 0 Å². The molecule has 4 nitrogen and oxygen atoms in total. The van der Waals surface area contributed by atoms with Crippen molar-refractivity contribution >= 4 is 5.91 Å². The zero-order chi connectivity index (χ0) is 17.5. The van der Waals surface area contributed by atoms with Crippen LogP contribution in [0.4, 0.5) is 0 Å². The van der Waals surface area contributed by atoms with E-state index in [0.717, 1.165) is 22.4 Å². The summed E-state index contributed by atoms with van der Waals surface area (Å²) in [7, 11) is 0. The molecule has 24 heavy (non-hydrogen) atoms. The molecule has 1 amide bonds. The van der Waals surface area contributed by atoms with Gasteiger partial charge in [0.15, 0.2) is 6.10 Å². The third-order valence-electron chi connectivity index (χ3n) is 3.54. The van der Waals surface area contributed by atoms with Crippen LogP contribution < -0.4 is 14.8 Å². The first-order chi connectivity index (χ1) is 11.4. The van der Waals surface area contributed by atoms with Gasteiger partial charge in [0.2, 0.25) is 0 Å². The minimum atomic E-state index is -0.551. The fourth-order valence-corrected chi connectivity index (χ4v) is 2.45. The van der Waals surface area contributed by atoms with Crippen LogP contribution in [-0.2, 0) is 4.79 Å². The number of nitrogens with one attached hydrogen (secondary N) is 1. The molecule has 0 aromatic heterocycles. The molecular weight excluding hydrogens is 302 g/mol. The van der Waals surface area contributed by atoms with Crippen molar-refractivity contribution in [2.45, 2.75) is 33.8 Å². The second-order valence-electron chi connectivity index (χ2n) is 6.04. The lowest BCUT2D eigenvalue weighted by Crippen LogP contribution is -2.38. The van der Waals surface area contributed by atoms with Gasteiger partial charge in [-0.05, 0) is 68.7 Å². The van der Waals surface area contributed by atoms with Crippen LogP contribution in [-0.4, -0.2) is 25.2 Å². The second-order valence-corrected chi connectivity index (χ2v) is 6.04. The lowest BCUT2D eigenvalue weighted by molar-refractivity contribution is -0.127. The van der Waals surface area contributed by atoms with Crippen molar-refractivity contribution in [3.8, 4) is 11.5 Å². The summed E-state index contributed by atoms with van der Waals surface area (Å²) in [6.07, 6.45) is -0.551. The summed E-state index contributed by atoms with van der Waals surface area (Å²) < 4.78 is 11.3. The van der Waals surface area contributed by atoms with Gasteiger partial charge in [-0.3, -0.25) is 4.79 Å². The first-order valence-electron chi connectivity index (χ1n) is 8.16. The van der Waals surface area contributed by atoms with Crippen molar-refractivity contribution in [2.24, 2.45) is 0 Å². The molecule has 0 spiro atoms. The van der Waals surface area contributed by atoms with Crippen LogP contribution in [0, 0.1) is 20.8 Å². The highest BCUT2D eigenvalue weighted by Crippen LogP contribution is 2.17. The molecule has 0 radical (unpaired) electrons. The van der Waals surface area contributed by atoms with Crippen molar-refractivity contribution < 1.29 is 14.3 Å². The Bertz CT molecular complexity index is 677. The van der Waals surface area contributed by atoms with E-state index in [9.17, 15) is 4.79 Å². The lowest BCUT2D eigenvalue weighted by Gasteiger charge is -2.16. The zero-order valence-electron chi connectivity index (χ0n) is 14.8. The number of carbonyl (C=O) groups is 1. The van der Waals surface area contributed by atoms with Crippen LogP contribution in [0.15, 0.2) is 42.5 Å². The maximum absolute atomic E-state index is 12.1. The molecule has 0 unspecified atom stereocenters. The van der Waals surface area contributed by atoms with Gasteiger partial charge < -0.3 is 14.8 Å². The Morgan fingerprint density at radius 1 is 1.00 bits per heavy atom. The third kappa shape index (κ3) is 5.61. The molecule has 0 fully saturated rings. The summed E-state index contributed by atoms with van der Waals surface area (Å²) in [5.41, 5.74) is 3.38. The normalized spacial score (nSPS) is 11.7. The molecule has 128 valence electrons. The SMILES string of the molecule is Cc1cccc(OCCNC(=O)[C@@H](C)Oc2cc(C)cc(C)c2)c1. The number of rotatable bonds is 7. The summed E-state index contributed by atoms with van der Waals surface area (Å²) in [5.74, 6) is 1.37. The average Bonchev–Trinajstić information content (AvgIpc) is 2.50. The molecule has 0 aliphatic carbocycles. The van der Waals surface area contributed by atoms with E-state index in [1.165, 1.54) is 0 Å². The first-order valence-corrected chi connectivity index (χ1v) is 8.16. The molecule has 0 saturated heterocycles. The Kier molecular flexibility index (Phi) is 6.24. The molecule has 0 aliphatic heterocycles. The lowest BCUT2D eigenvalue weighted by atomic mass is 10.1. The average molecular weight is 327 g/mol. The van der Waals surface area contributed by atoms with Gasteiger partial charge in [0, 0.05) is 0 Å². The van der Waals surface area contributed by atoms with Gasteiger partial charge in [-0.15, -0.1) is 0 Å². The van der Waals surface area contributed by atoms with Crippen molar-refractivity contribution in [3.05, 3.63) is 59.2 Å². The Morgan fingerprint density at radius 3 is 2.33 bits per heavy atom. The van der Waals surface area contributed by atoms with Crippen molar-refractivity contribution in [3.63, 3.8) is 0 Å². The molecule has 4 heteroatoms. The van der Waals surface area contributed by atoms with Crippen molar-refractivity contribution in [1.82, 2.24) is 5.32 Å². The Morgan fingerprint density at radius 2 is 1.67 bits per heavy atom. The summed E-state index contributed by atoms with van der Waals surface area (Å²) in [6.45, 7) is 8.63. The third-order valence-corrected chi connectivity index (χ3v) is 3.54. The summed E-state index contributed by atoms with van der Waals surface area (Å²) in [6, 6.07) is 13.8. The van der Waals surface area contributed by atoms with Crippen LogP contribution in [0.2, 0.25) is 0 Å². The number of carbonyl (C=O) groups excluding carboxylic acids is 1. The van der Waals surface area contributed by atoms with Crippen molar-refractivity contribution in [2.75, 3.05) is 13.2 Å². The second kappa shape index (κ2) is 8.39. The smallest absolute Gasteiger partial charge is 0.260 e. The molecule has 2 aromatic carbocycles. The molecule has 2 rings (SSSR count). The maximum atomic E-state index is 12.1. The number of hydrogen-bond acceptors (Lipinski definition) is 3. The predicted molar refractivity (Wildman–Crippen MR) is 95.7 cm³/mol. The minimum Gasteiger partial charge on any atom is -0.492 e. The molecule has 0 aliphatic rings. The van der Waals surface area contributed by atoms with Crippen LogP contribution in [0.5, 0.6) is 11.5 Å². The molecule has 2 aromatic rings. The van der Waals surface area contributed by atoms with Crippen LogP contribution in [0.25, 0.3) is 0 Å². The van der Waals surface area contributed by atoms with Gasteiger partial charge in [0.1, 0.15) is 18.1 Å². The van der Waals surface area contributed by atoms with Gasteiger partial charge >= 0.3 is 0 Å². The number of hydrogen-bond donors (Lipinski definition) is 1. The zero-order valence-corrected chi connectivity index (χ0v) is 14.8. The van der Waals surface area contributed by atoms with Gasteiger partial charge in [0.25, 0.3) is 5.91 Å². The fraction of sp³-hybridized carbons (Fsp3) is 0.350. The van der Waals surface area contributed by atoms with E-state index in [1.54, 1.807) is 6.92 Å². The Balaban J connectivity index is 1.75. The van der Waals surface area contributed by atoms with Gasteiger partial charge in [0.05, 0.1) is 6.54 Å². The van der Waals surface area contributed by atoms with E-state index >= 15 is 0 Å².